The van der Waals surface area contributed by atoms with Gasteiger partial charge in [0.25, 0.3) is 5.91 Å². The molecule has 2 aromatic heterocycles. The molecule has 5 nitrogen and oxygen atoms in total. The van der Waals surface area contributed by atoms with E-state index < -0.39 is 0 Å². The van der Waals surface area contributed by atoms with Crippen molar-refractivity contribution in [2.24, 2.45) is 0 Å². The zero-order valence-electron chi connectivity index (χ0n) is 11.8. The normalized spacial score (nSPS) is 16.8. The molecule has 1 N–H and O–H groups in total. The van der Waals surface area contributed by atoms with Crippen molar-refractivity contribution in [2.75, 3.05) is 10.2 Å². The van der Waals surface area contributed by atoms with Gasteiger partial charge < -0.3 is 10.2 Å². The van der Waals surface area contributed by atoms with Crippen LogP contribution in [-0.2, 0) is 6.42 Å². The van der Waals surface area contributed by atoms with Gasteiger partial charge in [0.05, 0.1) is 11.3 Å². The summed E-state index contributed by atoms with van der Waals surface area (Å²) >= 11 is 0. The number of rotatable bonds is 2. The van der Waals surface area contributed by atoms with Gasteiger partial charge in [-0.25, -0.2) is 9.97 Å². The van der Waals surface area contributed by atoms with Gasteiger partial charge in [-0.2, -0.15) is 0 Å². The summed E-state index contributed by atoms with van der Waals surface area (Å²) in [4.78, 5) is 23.6. The highest BCUT2D eigenvalue weighted by Crippen LogP contribution is 2.43. The Labute approximate surface area is 123 Å². The first-order valence-corrected chi connectivity index (χ1v) is 7.33. The van der Waals surface area contributed by atoms with Crippen molar-refractivity contribution < 1.29 is 4.79 Å². The van der Waals surface area contributed by atoms with E-state index in [0.29, 0.717) is 11.6 Å². The molecule has 0 saturated heterocycles. The van der Waals surface area contributed by atoms with Crippen LogP contribution >= 0.6 is 0 Å². The molecule has 2 aromatic rings. The van der Waals surface area contributed by atoms with Gasteiger partial charge in [0.1, 0.15) is 5.82 Å². The molecule has 0 aromatic carbocycles. The maximum absolute atomic E-state index is 12.5. The van der Waals surface area contributed by atoms with Gasteiger partial charge >= 0.3 is 0 Å². The number of aryl methyl sites for hydroxylation is 1. The highest BCUT2D eigenvalue weighted by molar-refractivity contribution is 6.11. The molecule has 106 valence electrons. The molecule has 1 fully saturated rings. The van der Waals surface area contributed by atoms with E-state index in [1.54, 1.807) is 12.3 Å². The largest absolute Gasteiger partial charge is 0.318 e. The maximum atomic E-state index is 12.5. The number of amides is 1. The van der Waals surface area contributed by atoms with E-state index in [1.165, 1.54) is 0 Å². The van der Waals surface area contributed by atoms with E-state index in [2.05, 4.69) is 27.1 Å². The summed E-state index contributed by atoms with van der Waals surface area (Å²) in [6.07, 6.45) is 6.63. The SMILES string of the molecule is CCc1ccnc2c1NC(=O)c1cccnc1N2C1CC1. The summed E-state index contributed by atoms with van der Waals surface area (Å²) < 4.78 is 0. The third kappa shape index (κ3) is 1.88. The van der Waals surface area contributed by atoms with Crippen molar-refractivity contribution in [3.05, 3.63) is 41.7 Å². The zero-order valence-corrected chi connectivity index (χ0v) is 11.8. The molecule has 21 heavy (non-hydrogen) atoms. The number of carbonyl (C=O) groups excluding carboxylic acids is 1. The molecule has 0 unspecified atom stereocenters. The fraction of sp³-hybridized carbons (Fsp3) is 0.312. The molecule has 0 atom stereocenters. The third-order valence-electron chi connectivity index (χ3n) is 4.04. The molecule has 5 heteroatoms. The Morgan fingerprint density at radius 1 is 1.24 bits per heavy atom. The van der Waals surface area contributed by atoms with Crippen molar-refractivity contribution in [1.29, 1.82) is 0 Å². The van der Waals surface area contributed by atoms with Gasteiger partial charge in [0.15, 0.2) is 5.82 Å². The predicted molar refractivity (Wildman–Crippen MR) is 81.0 cm³/mol. The third-order valence-corrected chi connectivity index (χ3v) is 4.04. The van der Waals surface area contributed by atoms with Gasteiger partial charge in [0, 0.05) is 18.4 Å². The van der Waals surface area contributed by atoms with E-state index in [9.17, 15) is 4.79 Å². The van der Waals surface area contributed by atoms with Crippen LogP contribution in [0.5, 0.6) is 0 Å². The summed E-state index contributed by atoms with van der Waals surface area (Å²) in [7, 11) is 0. The number of hydrogen-bond donors (Lipinski definition) is 1. The van der Waals surface area contributed by atoms with Crippen LogP contribution in [0.2, 0.25) is 0 Å². The summed E-state index contributed by atoms with van der Waals surface area (Å²) in [5.41, 5.74) is 2.55. The zero-order chi connectivity index (χ0) is 14.4. The number of nitrogens with zero attached hydrogens (tertiary/aromatic N) is 3. The molecule has 1 amide bonds. The first-order valence-electron chi connectivity index (χ1n) is 7.33. The van der Waals surface area contributed by atoms with Crippen LogP contribution in [0, 0.1) is 0 Å². The summed E-state index contributed by atoms with van der Waals surface area (Å²) in [5.74, 6) is 1.44. The van der Waals surface area contributed by atoms with E-state index >= 15 is 0 Å². The molecule has 0 radical (unpaired) electrons. The maximum Gasteiger partial charge on any atom is 0.259 e. The minimum atomic E-state index is -0.106. The topological polar surface area (TPSA) is 58.1 Å². The Morgan fingerprint density at radius 2 is 2.05 bits per heavy atom. The second kappa shape index (κ2) is 4.55. The van der Waals surface area contributed by atoms with Crippen molar-refractivity contribution >= 4 is 23.2 Å². The molecule has 0 spiro atoms. The quantitative estimate of drug-likeness (QED) is 0.919. The number of carbonyl (C=O) groups is 1. The van der Waals surface area contributed by atoms with Crippen molar-refractivity contribution in [2.45, 2.75) is 32.2 Å². The molecule has 0 bridgehead atoms. The second-order valence-corrected chi connectivity index (χ2v) is 5.45. The van der Waals surface area contributed by atoms with Crippen LogP contribution in [0.15, 0.2) is 30.6 Å². The Balaban J connectivity index is 1.98. The smallest absolute Gasteiger partial charge is 0.259 e. The van der Waals surface area contributed by atoms with E-state index in [4.69, 9.17) is 0 Å². The Morgan fingerprint density at radius 3 is 2.81 bits per heavy atom. The minimum Gasteiger partial charge on any atom is -0.318 e. The Hall–Kier alpha value is -2.43. The average Bonchev–Trinajstić information content (AvgIpc) is 3.34. The Kier molecular flexibility index (Phi) is 2.67. The summed E-state index contributed by atoms with van der Waals surface area (Å²) in [6.45, 7) is 2.08. The lowest BCUT2D eigenvalue weighted by molar-refractivity contribution is 0.102. The number of hydrogen-bond acceptors (Lipinski definition) is 4. The molecular weight excluding hydrogens is 264 g/mol. The molecule has 2 aliphatic rings. The molecule has 3 heterocycles. The molecule has 1 saturated carbocycles. The number of pyridine rings is 2. The second-order valence-electron chi connectivity index (χ2n) is 5.45. The molecule has 4 rings (SSSR count). The predicted octanol–water partition coefficient (Wildman–Crippen LogP) is 2.91. The lowest BCUT2D eigenvalue weighted by Gasteiger charge is -2.23. The minimum absolute atomic E-state index is 0.106. The number of anilines is 3. The number of nitrogens with one attached hydrogen (secondary N) is 1. The lowest BCUT2D eigenvalue weighted by Crippen LogP contribution is -2.22. The average molecular weight is 280 g/mol. The molecule has 1 aliphatic heterocycles. The van der Waals surface area contributed by atoms with Gasteiger partial charge in [0.2, 0.25) is 0 Å². The number of aromatic nitrogens is 2. The fourth-order valence-electron chi connectivity index (χ4n) is 2.83. The standard InChI is InChI=1S/C16H16N4O/c1-2-10-7-9-18-15-13(10)19-16(21)12-4-3-8-17-14(12)20(15)11-5-6-11/h3-4,7-9,11H,2,5-6H2,1H3,(H,19,21). The van der Waals surface area contributed by atoms with Crippen LogP contribution in [0.25, 0.3) is 0 Å². The van der Waals surface area contributed by atoms with Gasteiger partial charge in [-0.1, -0.05) is 6.92 Å². The summed E-state index contributed by atoms with van der Waals surface area (Å²) in [6, 6.07) is 5.98. The van der Waals surface area contributed by atoms with E-state index in [0.717, 1.165) is 42.1 Å². The van der Waals surface area contributed by atoms with Gasteiger partial charge in [-0.05, 0) is 43.0 Å². The highest BCUT2D eigenvalue weighted by Gasteiger charge is 2.38. The lowest BCUT2D eigenvalue weighted by atomic mass is 10.1. The summed E-state index contributed by atoms with van der Waals surface area (Å²) in [5, 5.41) is 3.03. The van der Waals surface area contributed by atoms with Crippen LogP contribution in [0.3, 0.4) is 0 Å². The first kappa shape index (κ1) is 12.3. The van der Waals surface area contributed by atoms with E-state index in [-0.39, 0.29) is 5.91 Å². The van der Waals surface area contributed by atoms with Crippen LogP contribution in [0.1, 0.15) is 35.7 Å². The van der Waals surface area contributed by atoms with Crippen LogP contribution in [-0.4, -0.2) is 21.9 Å². The molecule has 1 aliphatic carbocycles. The van der Waals surface area contributed by atoms with Crippen LogP contribution < -0.4 is 10.2 Å². The van der Waals surface area contributed by atoms with Crippen LogP contribution in [0.4, 0.5) is 17.3 Å². The van der Waals surface area contributed by atoms with Crippen molar-refractivity contribution in [3.8, 4) is 0 Å². The number of fused-ring (bicyclic) bond motifs is 2. The highest BCUT2D eigenvalue weighted by atomic mass is 16.1. The van der Waals surface area contributed by atoms with Gasteiger partial charge in [-0.15, -0.1) is 0 Å². The molecular formula is C16H16N4O. The monoisotopic (exact) mass is 280 g/mol. The fourth-order valence-corrected chi connectivity index (χ4v) is 2.83. The first-order chi connectivity index (χ1) is 10.3. The van der Waals surface area contributed by atoms with E-state index in [1.807, 2.05) is 18.3 Å². The van der Waals surface area contributed by atoms with Crippen molar-refractivity contribution in [1.82, 2.24) is 9.97 Å². The van der Waals surface area contributed by atoms with Gasteiger partial charge in [-0.3, -0.25) is 4.79 Å². The Bertz CT molecular complexity index is 724. The van der Waals surface area contributed by atoms with Crippen molar-refractivity contribution in [3.63, 3.8) is 0 Å².